The van der Waals surface area contributed by atoms with Gasteiger partial charge in [-0.1, -0.05) is 25.1 Å². The first kappa shape index (κ1) is 15.7. The van der Waals surface area contributed by atoms with Gasteiger partial charge in [0.2, 0.25) is 0 Å². The molecule has 0 radical (unpaired) electrons. The Bertz CT molecular complexity index is 794. The molecule has 0 amide bonds. The van der Waals surface area contributed by atoms with Crippen LogP contribution in [0.5, 0.6) is 5.75 Å². The predicted octanol–water partition coefficient (Wildman–Crippen LogP) is 5.90. The minimum absolute atomic E-state index is 0.444. The molecule has 1 nitrogen and oxygen atoms in total. The first-order valence-electron chi connectivity index (χ1n) is 9.29. The average molecular weight is 320 g/mol. The van der Waals surface area contributed by atoms with Gasteiger partial charge in [0.1, 0.15) is 5.75 Å². The van der Waals surface area contributed by atoms with Gasteiger partial charge in [0.25, 0.3) is 0 Å². The Labute approximate surface area is 145 Å². The fourth-order valence-corrected chi connectivity index (χ4v) is 5.05. The van der Waals surface area contributed by atoms with E-state index >= 15 is 0 Å². The van der Waals surface area contributed by atoms with E-state index in [-0.39, 0.29) is 0 Å². The Kier molecular flexibility index (Phi) is 3.53. The van der Waals surface area contributed by atoms with E-state index in [0.717, 1.165) is 17.4 Å². The SMILES string of the molecule is Cc1cc2c(cc1C)[C@@H](c1cc(C)c(C)c(O)c1)[C@H]1CCC1C2C. The van der Waals surface area contributed by atoms with Gasteiger partial charge < -0.3 is 5.11 Å². The monoisotopic (exact) mass is 320 g/mol. The van der Waals surface area contributed by atoms with E-state index in [2.05, 4.69) is 45.9 Å². The van der Waals surface area contributed by atoms with Crippen molar-refractivity contribution in [2.24, 2.45) is 11.8 Å². The van der Waals surface area contributed by atoms with Gasteiger partial charge in [0.05, 0.1) is 0 Å². The molecule has 4 atom stereocenters. The standard InChI is InChI=1S/C23H28O/c1-12-9-20-16(5)18-6-7-19(18)23(21(20)10-13(12)2)17-8-14(3)15(4)22(24)11-17/h8-11,16,18-19,23-24H,6-7H2,1-5H3/t16?,18?,19-,23-/m0/s1. The van der Waals surface area contributed by atoms with Crippen molar-refractivity contribution in [3.63, 3.8) is 0 Å². The quantitative estimate of drug-likeness (QED) is 0.693. The maximum atomic E-state index is 10.4. The molecule has 0 saturated heterocycles. The van der Waals surface area contributed by atoms with Crippen molar-refractivity contribution in [2.75, 3.05) is 0 Å². The van der Waals surface area contributed by atoms with Crippen LogP contribution in [0.4, 0.5) is 0 Å². The molecule has 1 heteroatoms. The lowest BCUT2D eigenvalue weighted by Crippen LogP contribution is -2.40. The molecule has 1 fully saturated rings. The van der Waals surface area contributed by atoms with Crippen LogP contribution in [0.2, 0.25) is 0 Å². The van der Waals surface area contributed by atoms with Gasteiger partial charge in [-0.25, -0.2) is 0 Å². The van der Waals surface area contributed by atoms with Crippen LogP contribution in [0.3, 0.4) is 0 Å². The Hall–Kier alpha value is -1.76. The normalized spacial score (nSPS) is 28.0. The van der Waals surface area contributed by atoms with E-state index in [4.69, 9.17) is 0 Å². The third-order valence-electron chi connectivity index (χ3n) is 7.00. The summed E-state index contributed by atoms with van der Waals surface area (Å²) in [4.78, 5) is 0. The van der Waals surface area contributed by atoms with Crippen LogP contribution in [-0.4, -0.2) is 5.11 Å². The second kappa shape index (κ2) is 5.37. The second-order valence-corrected chi connectivity index (χ2v) is 8.22. The summed E-state index contributed by atoms with van der Waals surface area (Å²) < 4.78 is 0. The van der Waals surface area contributed by atoms with Crippen molar-refractivity contribution in [3.05, 3.63) is 63.2 Å². The maximum Gasteiger partial charge on any atom is 0.119 e. The number of aryl methyl sites for hydroxylation is 3. The number of hydrogen-bond donors (Lipinski definition) is 1. The minimum Gasteiger partial charge on any atom is -0.508 e. The number of hydrogen-bond acceptors (Lipinski definition) is 1. The van der Waals surface area contributed by atoms with Gasteiger partial charge >= 0.3 is 0 Å². The molecule has 2 aromatic carbocycles. The van der Waals surface area contributed by atoms with Gasteiger partial charge in [0, 0.05) is 5.92 Å². The van der Waals surface area contributed by atoms with Crippen molar-refractivity contribution < 1.29 is 5.11 Å². The van der Waals surface area contributed by atoms with E-state index in [9.17, 15) is 5.11 Å². The first-order chi connectivity index (χ1) is 11.4. The highest BCUT2D eigenvalue weighted by atomic mass is 16.3. The van der Waals surface area contributed by atoms with E-state index in [1.54, 1.807) is 5.56 Å². The fourth-order valence-electron chi connectivity index (χ4n) is 5.05. The zero-order valence-electron chi connectivity index (χ0n) is 15.5. The highest BCUT2D eigenvalue weighted by Crippen LogP contribution is 2.58. The molecule has 24 heavy (non-hydrogen) atoms. The smallest absolute Gasteiger partial charge is 0.119 e. The van der Waals surface area contributed by atoms with Gasteiger partial charge in [-0.3, -0.25) is 0 Å². The lowest BCUT2D eigenvalue weighted by Gasteiger charge is -2.51. The highest BCUT2D eigenvalue weighted by Gasteiger charge is 2.46. The molecule has 4 rings (SSSR count). The summed E-state index contributed by atoms with van der Waals surface area (Å²) >= 11 is 0. The van der Waals surface area contributed by atoms with Gasteiger partial charge in [-0.05, 0) is 103 Å². The minimum atomic E-state index is 0.444. The third kappa shape index (κ3) is 2.13. The van der Waals surface area contributed by atoms with Crippen LogP contribution in [0.25, 0.3) is 0 Å². The number of fused-ring (bicyclic) bond motifs is 2. The molecule has 0 aliphatic heterocycles. The Morgan fingerprint density at radius 2 is 1.42 bits per heavy atom. The van der Waals surface area contributed by atoms with Crippen LogP contribution in [0, 0.1) is 39.5 Å². The van der Waals surface area contributed by atoms with Crippen LogP contribution in [0.1, 0.15) is 70.5 Å². The lowest BCUT2D eigenvalue weighted by molar-refractivity contribution is 0.114. The van der Waals surface area contributed by atoms with Crippen molar-refractivity contribution in [1.29, 1.82) is 0 Å². The van der Waals surface area contributed by atoms with Crippen molar-refractivity contribution in [3.8, 4) is 5.75 Å². The van der Waals surface area contributed by atoms with Crippen molar-refractivity contribution in [2.45, 2.75) is 59.3 Å². The second-order valence-electron chi connectivity index (χ2n) is 8.22. The first-order valence-corrected chi connectivity index (χ1v) is 9.29. The van der Waals surface area contributed by atoms with E-state index in [0.29, 0.717) is 17.6 Å². The molecule has 2 aromatic rings. The van der Waals surface area contributed by atoms with Gasteiger partial charge in [-0.2, -0.15) is 0 Å². The summed E-state index contributed by atoms with van der Waals surface area (Å²) in [7, 11) is 0. The summed E-state index contributed by atoms with van der Waals surface area (Å²) in [5, 5.41) is 10.4. The summed E-state index contributed by atoms with van der Waals surface area (Å²) in [6.07, 6.45) is 2.67. The molecular formula is C23H28O. The molecule has 1 saturated carbocycles. The van der Waals surface area contributed by atoms with Crippen LogP contribution in [-0.2, 0) is 0 Å². The summed E-state index contributed by atoms with van der Waals surface area (Å²) in [5.74, 6) is 3.09. The van der Waals surface area contributed by atoms with Gasteiger partial charge in [0.15, 0.2) is 0 Å². The van der Waals surface area contributed by atoms with E-state index in [1.165, 1.54) is 40.7 Å². The van der Waals surface area contributed by atoms with E-state index < -0.39 is 0 Å². The molecule has 2 unspecified atom stereocenters. The Morgan fingerprint density at radius 3 is 2.00 bits per heavy atom. The number of rotatable bonds is 1. The molecule has 0 aromatic heterocycles. The zero-order chi connectivity index (χ0) is 17.2. The zero-order valence-corrected chi connectivity index (χ0v) is 15.5. The molecule has 126 valence electrons. The third-order valence-corrected chi connectivity index (χ3v) is 7.00. The molecule has 1 N–H and O–H groups in total. The van der Waals surface area contributed by atoms with Crippen molar-refractivity contribution >= 4 is 0 Å². The number of benzene rings is 2. The highest BCUT2D eigenvalue weighted by molar-refractivity contribution is 5.51. The summed E-state index contributed by atoms with van der Waals surface area (Å²) in [6.45, 7) is 11.0. The summed E-state index contributed by atoms with van der Waals surface area (Å²) in [6, 6.07) is 9.19. The number of phenols is 1. The Morgan fingerprint density at radius 1 is 0.792 bits per heavy atom. The predicted molar refractivity (Wildman–Crippen MR) is 100.0 cm³/mol. The lowest BCUT2D eigenvalue weighted by atomic mass is 9.53. The van der Waals surface area contributed by atoms with Crippen molar-refractivity contribution in [1.82, 2.24) is 0 Å². The molecule has 2 aliphatic rings. The fraction of sp³-hybridized carbons (Fsp3) is 0.478. The van der Waals surface area contributed by atoms with Gasteiger partial charge in [-0.15, -0.1) is 0 Å². The Balaban J connectivity index is 1.92. The maximum absolute atomic E-state index is 10.4. The topological polar surface area (TPSA) is 20.2 Å². The molecule has 0 bridgehead atoms. The number of phenolic OH excluding ortho intramolecular Hbond substituents is 1. The molecule has 0 heterocycles. The van der Waals surface area contributed by atoms with Crippen LogP contribution in [0.15, 0.2) is 24.3 Å². The molecule has 0 spiro atoms. The van der Waals surface area contributed by atoms with E-state index in [1.807, 2.05) is 13.0 Å². The average Bonchev–Trinajstić information content (AvgIpc) is 2.49. The number of aromatic hydroxyl groups is 1. The summed E-state index contributed by atoms with van der Waals surface area (Å²) in [5.41, 5.74) is 9.35. The van der Waals surface area contributed by atoms with Crippen LogP contribution < -0.4 is 0 Å². The largest absolute Gasteiger partial charge is 0.508 e. The molecule has 2 aliphatic carbocycles. The molecular weight excluding hydrogens is 292 g/mol. The van der Waals surface area contributed by atoms with Crippen LogP contribution >= 0.6 is 0 Å².